The summed E-state index contributed by atoms with van der Waals surface area (Å²) in [5, 5.41) is 4.30. The van der Waals surface area contributed by atoms with Gasteiger partial charge in [0.2, 0.25) is 0 Å². The average Bonchev–Trinajstić information content (AvgIpc) is 3.28. The zero-order valence-corrected chi connectivity index (χ0v) is 17.6. The number of halogens is 3. The number of H-pyrrole nitrogens is 1. The molecule has 0 atom stereocenters. The fourth-order valence-electron chi connectivity index (χ4n) is 3.88. The minimum atomic E-state index is -4.34. The van der Waals surface area contributed by atoms with Gasteiger partial charge >= 0.3 is 6.18 Å². The van der Waals surface area contributed by atoms with Gasteiger partial charge in [0.05, 0.1) is 11.3 Å². The Labute approximate surface area is 188 Å². The number of nitrogens with one attached hydrogen (secondary N) is 2. The molecular formula is C25H21F3N4O. The molecule has 33 heavy (non-hydrogen) atoms. The lowest BCUT2D eigenvalue weighted by atomic mass is 10.0. The van der Waals surface area contributed by atoms with Gasteiger partial charge in [0.15, 0.2) is 0 Å². The highest BCUT2D eigenvalue weighted by Gasteiger charge is 2.29. The summed E-state index contributed by atoms with van der Waals surface area (Å²) in [7, 11) is 0. The van der Waals surface area contributed by atoms with Crippen LogP contribution in [0.4, 0.5) is 13.2 Å². The molecule has 8 heteroatoms. The first-order valence-electron chi connectivity index (χ1n) is 10.6. The van der Waals surface area contributed by atoms with Gasteiger partial charge in [-0.25, -0.2) is 9.97 Å². The second kappa shape index (κ2) is 8.71. The zero-order valence-electron chi connectivity index (χ0n) is 17.6. The van der Waals surface area contributed by atoms with Crippen molar-refractivity contribution in [2.75, 3.05) is 13.1 Å². The van der Waals surface area contributed by atoms with Crippen LogP contribution in [0.2, 0.25) is 0 Å². The van der Waals surface area contributed by atoms with E-state index in [1.165, 1.54) is 17.7 Å². The first-order chi connectivity index (χ1) is 16.0. The lowest BCUT2D eigenvalue weighted by Gasteiger charge is -2.13. The Hall–Kier alpha value is -3.65. The number of ether oxygens (including phenoxy) is 1. The maximum absolute atomic E-state index is 12.7. The SMILES string of the molecule is FC(F)(F)c1ccc(COc2ccc(-c3cc4c(C5=CCNCC5)ncnc4[nH]3)cc2)cc1. The van der Waals surface area contributed by atoms with Crippen molar-refractivity contribution < 1.29 is 17.9 Å². The fraction of sp³-hybridized carbons (Fsp3) is 0.200. The van der Waals surface area contributed by atoms with Crippen LogP contribution in [-0.4, -0.2) is 28.0 Å². The second-order valence-corrected chi connectivity index (χ2v) is 7.86. The van der Waals surface area contributed by atoms with Crippen LogP contribution in [0.5, 0.6) is 5.75 Å². The Morgan fingerprint density at radius 1 is 0.970 bits per heavy atom. The van der Waals surface area contributed by atoms with E-state index in [4.69, 9.17) is 4.74 Å². The molecule has 5 rings (SSSR count). The predicted molar refractivity (Wildman–Crippen MR) is 121 cm³/mol. The Morgan fingerprint density at radius 3 is 2.45 bits per heavy atom. The average molecular weight is 450 g/mol. The van der Waals surface area contributed by atoms with E-state index >= 15 is 0 Å². The topological polar surface area (TPSA) is 62.8 Å². The molecule has 0 bridgehead atoms. The quantitative estimate of drug-likeness (QED) is 0.416. The van der Waals surface area contributed by atoms with Gasteiger partial charge in [0.1, 0.15) is 24.3 Å². The van der Waals surface area contributed by atoms with Crippen molar-refractivity contribution in [3.8, 4) is 17.0 Å². The Morgan fingerprint density at radius 2 is 1.76 bits per heavy atom. The first-order valence-corrected chi connectivity index (χ1v) is 10.6. The monoisotopic (exact) mass is 450 g/mol. The molecule has 0 radical (unpaired) electrons. The van der Waals surface area contributed by atoms with Crippen molar-refractivity contribution >= 4 is 16.6 Å². The van der Waals surface area contributed by atoms with Crippen LogP contribution in [0.1, 0.15) is 23.2 Å². The van der Waals surface area contributed by atoms with Crippen LogP contribution in [0.25, 0.3) is 27.9 Å². The van der Waals surface area contributed by atoms with Crippen LogP contribution in [0.3, 0.4) is 0 Å². The van der Waals surface area contributed by atoms with Gasteiger partial charge in [-0.15, -0.1) is 0 Å². The second-order valence-electron chi connectivity index (χ2n) is 7.86. The third kappa shape index (κ3) is 4.61. The highest BCUT2D eigenvalue weighted by atomic mass is 19.4. The Kier molecular flexibility index (Phi) is 5.60. The minimum Gasteiger partial charge on any atom is -0.489 e. The van der Waals surface area contributed by atoms with E-state index < -0.39 is 11.7 Å². The van der Waals surface area contributed by atoms with Crippen molar-refractivity contribution in [2.45, 2.75) is 19.2 Å². The molecule has 3 heterocycles. The van der Waals surface area contributed by atoms with Gasteiger partial charge < -0.3 is 15.0 Å². The third-order valence-corrected chi connectivity index (χ3v) is 5.65. The van der Waals surface area contributed by atoms with Gasteiger partial charge in [0, 0.05) is 17.6 Å². The molecule has 0 saturated carbocycles. The summed E-state index contributed by atoms with van der Waals surface area (Å²) in [6, 6.07) is 14.6. The van der Waals surface area contributed by atoms with E-state index in [1.807, 2.05) is 24.3 Å². The van der Waals surface area contributed by atoms with Crippen LogP contribution < -0.4 is 10.1 Å². The highest BCUT2D eigenvalue weighted by molar-refractivity contribution is 5.92. The molecule has 168 valence electrons. The smallest absolute Gasteiger partial charge is 0.416 e. The molecule has 2 N–H and O–H groups in total. The van der Waals surface area contributed by atoms with E-state index in [0.29, 0.717) is 11.3 Å². The molecule has 5 nitrogen and oxygen atoms in total. The van der Waals surface area contributed by atoms with E-state index in [2.05, 4.69) is 32.4 Å². The van der Waals surface area contributed by atoms with E-state index in [9.17, 15) is 13.2 Å². The van der Waals surface area contributed by atoms with Gasteiger partial charge in [-0.1, -0.05) is 18.2 Å². The van der Waals surface area contributed by atoms with Crippen LogP contribution in [0.15, 0.2) is 67.0 Å². The number of fused-ring (bicyclic) bond motifs is 1. The molecule has 1 aliphatic rings. The van der Waals surface area contributed by atoms with Gasteiger partial charge in [-0.3, -0.25) is 0 Å². The van der Waals surface area contributed by atoms with Crippen LogP contribution >= 0.6 is 0 Å². The number of aromatic amines is 1. The maximum Gasteiger partial charge on any atom is 0.416 e. The fourth-order valence-corrected chi connectivity index (χ4v) is 3.88. The van der Waals surface area contributed by atoms with Crippen molar-refractivity contribution in [1.29, 1.82) is 0 Å². The molecule has 0 spiro atoms. The lowest BCUT2D eigenvalue weighted by molar-refractivity contribution is -0.137. The van der Waals surface area contributed by atoms with Crippen molar-refractivity contribution in [1.82, 2.24) is 20.3 Å². The summed E-state index contributed by atoms with van der Waals surface area (Å²) in [6.45, 7) is 1.96. The number of alkyl halides is 3. The number of hydrogen-bond donors (Lipinski definition) is 2. The molecule has 0 unspecified atom stereocenters. The van der Waals surface area contributed by atoms with Gasteiger partial charge in [-0.2, -0.15) is 13.2 Å². The minimum absolute atomic E-state index is 0.187. The summed E-state index contributed by atoms with van der Waals surface area (Å²) in [5.41, 5.74) is 4.87. The summed E-state index contributed by atoms with van der Waals surface area (Å²) in [6.07, 6.45) is 0.339. The molecule has 2 aromatic heterocycles. The molecule has 2 aromatic carbocycles. The van der Waals surface area contributed by atoms with Crippen LogP contribution in [0, 0.1) is 0 Å². The summed E-state index contributed by atoms with van der Waals surface area (Å²) in [4.78, 5) is 12.3. The largest absolute Gasteiger partial charge is 0.489 e. The first kappa shape index (κ1) is 21.2. The molecule has 1 aliphatic heterocycles. The number of benzene rings is 2. The molecule has 0 saturated heterocycles. The molecule has 0 aliphatic carbocycles. The standard InChI is InChI=1S/C25H21F3N4O/c26-25(27,28)19-5-1-16(2-6-19)14-33-20-7-3-17(4-8-20)22-13-21-23(18-9-11-29-12-10-18)30-15-31-24(21)32-22/h1-9,13,15,29H,10-12,14H2,(H,30,31,32). The molecule has 0 amide bonds. The van der Waals surface area contributed by atoms with Gasteiger partial charge in [-0.05, 0) is 72.1 Å². The van der Waals surface area contributed by atoms with E-state index in [0.717, 1.165) is 59.6 Å². The maximum atomic E-state index is 12.7. The number of hydrogen-bond acceptors (Lipinski definition) is 4. The molecule has 0 fully saturated rings. The number of nitrogens with zero attached hydrogens (tertiary/aromatic N) is 2. The molecular weight excluding hydrogens is 429 g/mol. The predicted octanol–water partition coefficient (Wildman–Crippen LogP) is 5.60. The summed E-state index contributed by atoms with van der Waals surface area (Å²) >= 11 is 0. The zero-order chi connectivity index (χ0) is 22.8. The Balaban J connectivity index is 1.31. The summed E-state index contributed by atoms with van der Waals surface area (Å²) in [5.74, 6) is 0.634. The van der Waals surface area contributed by atoms with Crippen LogP contribution in [-0.2, 0) is 12.8 Å². The van der Waals surface area contributed by atoms with Crippen molar-refractivity contribution in [3.05, 3.63) is 83.8 Å². The van der Waals surface area contributed by atoms with Gasteiger partial charge in [0.25, 0.3) is 0 Å². The number of rotatable bonds is 5. The highest BCUT2D eigenvalue weighted by Crippen LogP contribution is 2.31. The normalized spacial score (nSPS) is 14.3. The number of aromatic nitrogens is 3. The third-order valence-electron chi connectivity index (χ3n) is 5.65. The van der Waals surface area contributed by atoms with Crippen molar-refractivity contribution in [3.63, 3.8) is 0 Å². The lowest BCUT2D eigenvalue weighted by Crippen LogP contribution is -2.20. The summed E-state index contributed by atoms with van der Waals surface area (Å²) < 4.78 is 43.8. The van der Waals surface area contributed by atoms with E-state index in [-0.39, 0.29) is 6.61 Å². The van der Waals surface area contributed by atoms with Crippen molar-refractivity contribution in [2.24, 2.45) is 0 Å². The Bertz CT molecular complexity index is 1290. The molecule has 4 aromatic rings. The van der Waals surface area contributed by atoms with E-state index in [1.54, 1.807) is 6.33 Å².